The molecule has 0 saturated carbocycles. The molecule has 15 nitrogen and oxygen atoms in total. The van der Waals surface area contributed by atoms with Crippen molar-refractivity contribution in [3.05, 3.63) is 71.0 Å². The number of sulfone groups is 1. The monoisotopic (exact) mass is 748 g/mol. The zero-order valence-corrected chi connectivity index (χ0v) is 29.1. The second kappa shape index (κ2) is 15.3. The van der Waals surface area contributed by atoms with Crippen molar-refractivity contribution in [2.75, 3.05) is 81.4 Å². The number of benzene rings is 2. The van der Waals surface area contributed by atoms with Crippen LogP contribution in [-0.2, 0) is 14.6 Å². The highest BCUT2D eigenvalue weighted by atomic mass is 35.5. The third-order valence-electron chi connectivity index (χ3n) is 8.02. The highest BCUT2D eigenvalue weighted by Gasteiger charge is 2.45. The minimum atomic E-state index is -3.89. The summed E-state index contributed by atoms with van der Waals surface area (Å²) in [5.74, 6) is -0.00318. The maximum absolute atomic E-state index is 14.3. The average molecular weight is 749 g/mol. The zero-order valence-electron chi connectivity index (χ0n) is 27.6. The number of anilines is 4. The Morgan fingerprint density at radius 3 is 2.57 bits per heavy atom. The highest BCUT2D eigenvalue weighted by molar-refractivity contribution is 7.90. The molecule has 6 rings (SSSR count). The van der Waals surface area contributed by atoms with Crippen molar-refractivity contribution in [2.45, 2.75) is 17.2 Å². The number of nitrogens with one attached hydrogen (secondary N) is 2. The molecule has 0 spiro atoms. The molecule has 1 saturated heterocycles. The first-order valence-corrected chi connectivity index (χ1v) is 18.0. The van der Waals surface area contributed by atoms with Gasteiger partial charge in [0.1, 0.15) is 0 Å². The van der Waals surface area contributed by atoms with E-state index in [4.69, 9.17) is 35.7 Å². The van der Waals surface area contributed by atoms with Crippen LogP contribution in [0.15, 0.2) is 59.6 Å². The normalized spacial score (nSPS) is 16.2. The van der Waals surface area contributed by atoms with E-state index in [1.165, 1.54) is 43.6 Å². The minimum Gasteiger partial charge on any atom is -0.467 e. The number of hydrogen-bond acceptors (Lipinski definition) is 15. The van der Waals surface area contributed by atoms with Gasteiger partial charge in [-0.1, -0.05) is 23.7 Å². The minimum absolute atomic E-state index is 0.0136. The summed E-state index contributed by atoms with van der Waals surface area (Å²) in [5, 5.41) is 15.5. The first kappa shape index (κ1) is 36.2. The van der Waals surface area contributed by atoms with Gasteiger partial charge >= 0.3 is 12.3 Å². The fraction of sp³-hybridized carbons (Fsp3) is 0.375. The van der Waals surface area contributed by atoms with Gasteiger partial charge in [-0.15, -0.1) is 8.78 Å². The summed E-state index contributed by atoms with van der Waals surface area (Å²) in [4.78, 5) is 22.0. The molecule has 2 aromatic heterocycles. The zero-order chi connectivity index (χ0) is 36.2. The van der Waals surface area contributed by atoms with Crippen LogP contribution in [0.5, 0.6) is 17.5 Å². The van der Waals surface area contributed by atoms with Gasteiger partial charge in [-0.3, -0.25) is 9.88 Å². The molecular formula is C32H35ClF2N8O7S. The lowest BCUT2D eigenvalue weighted by Crippen LogP contribution is -2.48. The summed E-state index contributed by atoms with van der Waals surface area (Å²) >= 11 is 6.59. The van der Waals surface area contributed by atoms with Gasteiger partial charge in [0, 0.05) is 50.7 Å². The summed E-state index contributed by atoms with van der Waals surface area (Å²) in [5.41, 5.74) is 1.03. The third-order valence-corrected chi connectivity index (χ3v) is 9.45. The molecule has 19 heteroatoms. The van der Waals surface area contributed by atoms with Gasteiger partial charge < -0.3 is 39.6 Å². The maximum Gasteiger partial charge on any atom is 0.586 e. The van der Waals surface area contributed by atoms with Crippen molar-refractivity contribution in [1.29, 1.82) is 0 Å². The Kier molecular flexibility index (Phi) is 10.9. The van der Waals surface area contributed by atoms with Crippen molar-refractivity contribution in [3.8, 4) is 17.5 Å². The number of hydrogen-bond donors (Lipinski definition) is 3. The molecule has 1 fully saturated rings. The number of nitrogens with zero attached hydrogens (tertiary/aromatic N) is 6. The lowest BCUT2D eigenvalue weighted by molar-refractivity contribution is -0.287. The first-order chi connectivity index (χ1) is 24.4. The molecule has 272 valence electrons. The molecule has 4 aromatic rings. The lowest BCUT2D eigenvalue weighted by atomic mass is 10.0. The fourth-order valence-electron chi connectivity index (χ4n) is 5.55. The number of fused-ring (bicyclic) bond motifs is 1. The van der Waals surface area contributed by atoms with E-state index in [1.807, 2.05) is 4.90 Å². The predicted octanol–water partition coefficient (Wildman–Crippen LogP) is 3.73. The van der Waals surface area contributed by atoms with Crippen LogP contribution in [0.4, 0.5) is 32.1 Å². The quantitative estimate of drug-likeness (QED) is 0.159. The Balaban J connectivity index is 1.34. The second-order valence-electron chi connectivity index (χ2n) is 11.5. The van der Waals surface area contributed by atoms with E-state index in [-0.39, 0.29) is 56.9 Å². The van der Waals surface area contributed by atoms with Crippen molar-refractivity contribution in [2.24, 2.45) is 0 Å². The molecule has 0 radical (unpaired) electrons. The Hall–Kier alpha value is -4.62. The van der Waals surface area contributed by atoms with Crippen LogP contribution < -0.4 is 29.7 Å². The Labute approximate surface area is 297 Å². The van der Waals surface area contributed by atoms with Gasteiger partial charge in [-0.05, 0) is 36.4 Å². The smallest absolute Gasteiger partial charge is 0.467 e. The summed E-state index contributed by atoms with van der Waals surface area (Å²) in [6.45, 7) is 4.11. The molecule has 0 bridgehead atoms. The number of piperazine rings is 1. The van der Waals surface area contributed by atoms with Gasteiger partial charge in [-0.25, -0.2) is 8.42 Å². The van der Waals surface area contributed by atoms with Crippen molar-refractivity contribution < 1.29 is 41.3 Å². The van der Waals surface area contributed by atoms with Crippen LogP contribution in [0.1, 0.15) is 17.3 Å². The molecule has 0 unspecified atom stereocenters. The van der Waals surface area contributed by atoms with Gasteiger partial charge in [0.25, 0.3) is 0 Å². The number of methoxy groups -OCH3 is 1. The van der Waals surface area contributed by atoms with E-state index in [1.54, 1.807) is 18.2 Å². The van der Waals surface area contributed by atoms with Gasteiger partial charge in [0.05, 0.1) is 60.0 Å². The first-order valence-electron chi connectivity index (χ1n) is 15.8. The van der Waals surface area contributed by atoms with Crippen LogP contribution in [0.25, 0.3) is 0 Å². The molecule has 2 aromatic carbocycles. The number of para-hydroxylation sites is 1. The molecular weight excluding hydrogens is 714 g/mol. The highest BCUT2D eigenvalue weighted by Crippen LogP contribution is 2.48. The molecule has 0 amide bonds. The van der Waals surface area contributed by atoms with Crippen molar-refractivity contribution >= 4 is 44.7 Å². The van der Waals surface area contributed by atoms with E-state index < -0.39 is 22.2 Å². The summed E-state index contributed by atoms with van der Waals surface area (Å²) in [7, 11) is -2.27. The molecule has 2 aliphatic heterocycles. The molecule has 2 aliphatic rings. The predicted molar refractivity (Wildman–Crippen MR) is 183 cm³/mol. The molecule has 3 N–H and O–H groups in total. The third kappa shape index (κ3) is 8.65. The van der Waals surface area contributed by atoms with E-state index in [9.17, 15) is 17.2 Å². The number of ether oxygens (including phenoxy) is 4. The largest absolute Gasteiger partial charge is 0.586 e. The molecule has 0 aliphatic carbocycles. The van der Waals surface area contributed by atoms with Crippen LogP contribution >= 0.6 is 11.6 Å². The SMILES string of the molecule is COc1nc(Nc2cc(S(C)(=O)=O)ccc2N[C@@H](c2cccc3c2OC(F)(F)O3)c2ncccc2Cl)nc(N2CCN(CCOCCO)CC2)n1. The number of aliphatic hydroxyl groups is 1. The van der Waals surface area contributed by atoms with Gasteiger partial charge in [0.15, 0.2) is 21.3 Å². The van der Waals surface area contributed by atoms with Crippen molar-refractivity contribution in [3.63, 3.8) is 0 Å². The van der Waals surface area contributed by atoms with Crippen LogP contribution in [0.2, 0.25) is 5.02 Å². The van der Waals surface area contributed by atoms with Crippen LogP contribution in [0, 0.1) is 0 Å². The van der Waals surface area contributed by atoms with Gasteiger partial charge in [-0.2, -0.15) is 15.0 Å². The topological polar surface area (TPSA) is 173 Å². The number of halogens is 3. The van der Waals surface area contributed by atoms with Crippen molar-refractivity contribution in [1.82, 2.24) is 24.8 Å². The van der Waals surface area contributed by atoms with E-state index in [0.717, 1.165) is 6.26 Å². The summed E-state index contributed by atoms with van der Waals surface area (Å²) in [6.07, 6.45) is -1.32. The molecule has 4 heterocycles. The summed E-state index contributed by atoms with van der Waals surface area (Å²) < 4.78 is 74.2. The van der Waals surface area contributed by atoms with Crippen LogP contribution in [0.3, 0.4) is 0 Å². The van der Waals surface area contributed by atoms with Gasteiger partial charge in [0.2, 0.25) is 11.9 Å². The number of alkyl halides is 2. The summed E-state index contributed by atoms with van der Waals surface area (Å²) in [6, 6.07) is 11.0. The van der Waals surface area contributed by atoms with E-state index in [2.05, 4.69) is 35.5 Å². The van der Waals surface area contributed by atoms with E-state index >= 15 is 0 Å². The fourth-order valence-corrected chi connectivity index (χ4v) is 6.42. The lowest BCUT2D eigenvalue weighted by Gasteiger charge is -2.34. The Morgan fingerprint density at radius 1 is 1.04 bits per heavy atom. The number of aromatic nitrogens is 4. The molecule has 51 heavy (non-hydrogen) atoms. The van der Waals surface area contributed by atoms with E-state index in [0.29, 0.717) is 57.6 Å². The average Bonchev–Trinajstić information content (AvgIpc) is 3.44. The standard InChI is InChI=1S/C32H35ClF2N8O7S/c1-47-31-40-29(39-30(41-31)43-13-11-42(12-14-43)15-17-48-18-16-44)38-24-19-20(51(2,45)46)8-9-23(24)37-26(27-22(33)6-4-10-36-27)21-5-3-7-25-28(21)50-32(34,35)49-25/h3-10,19,26,37,44H,11-18H2,1-2H3,(H,38,39,40,41)/t26-/m0/s1. The Morgan fingerprint density at radius 2 is 1.84 bits per heavy atom. The Bertz CT molecular complexity index is 1970. The molecule has 1 atom stereocenters. The second-order valence-corrected chi connectivity index (χ2v) is 13.9. The number of rotatable bonds is 14. The number of pyridine rings is 1. The van der Waals surface area contributed by atoms with Crippen LogP contribution in [-0.4, -0.2) is 111 Å². The maximum atomic E-state index is 14.3. The number of aliphatic hydroxyl groups excluding tert-OH is 1.